The molecule has 0 aliphatic rings. The number of likely N-dealkylation sites (N-methyl/N-ethyl adjacent to an activating group) is 1. The number of amides is 1. The number of carboxylic acids is 1. The van der Waals surface area contributed by atoms with E-state index in [1.54, 1.807) is 20.8 Å². The molecule has 90 valence electrons. The van der Waals surface area contributed by atoms with E-state index in [0.29, 0.717) is 0 Å². The van der Waals surface area contributed by atoms with Crippen LogP contribution in [0, 0.1) is 12.3 Å². The van der Waals surface area contributed by atoms with Gasteiger partial charge in [0.05, 0.1) is 0 Å². The number of carbonyl (C=O) groups is 2. The Hall–Kier alpha value is -1.70. The van der Waals surface area contributed by atoms with E-state index in [2.05, 4.69) is 5.92 Å². The summed E-state index contributed by atoms with van der Waals surface area (Å²) >= 11 is 0. The smallest absolute Gasteiger partial charge is 0.410 e. The second kappa shape index (κ2) is 5.40. The van der Waals surface area contributed by atoms with Crippen molar-refractivity contribution in [3.63, 3.8) is 0 Å². The highest BCUT2D eigenvalue weighted by Crippen LogP contribution is 2.12. The molecule has 1 amide bonds. The van der Waals surface area contributed by atoms with Gasteiger partial charge in [-0.3, -0.25) is 4.90 Å². The lowest BCUT2D eigenvalue weighted by Crippen LogP contribution is -2.44. The van der Waals surface area contributed by atoms with Crippen LogP contribution in [0.4, 0.5) is 4.79 Å². The van der Waals surface area contributed by atoms with Gasteiger partial charge in [0.15, 0.2) is 0 Å². The molecule has 0 aliphatic heterocycles. The first kappa shape index (κ1) is 14.3. The Labute approximate surface area is 95.4 Å². The molecule has 0 saturated carbocycles. The zero-order chi connectivity index (χ0) is 12.9. The summed E-state index contributed by atoms with van der Waals surface area (Å²) in [6, 6.07) is -1.06. The largest absolute Gasteiger partial charge is 0.480 e. The quantitative estimate of drug-likeness (QED) is 0.738. The fourth-order valence-corrected chi connectivity index (χ4v) is 0.963. The lowest BCUT2D eigenvalue weighted by Gasteiger charge is -2.27. The zero-order valence-corrected chi connectivity index (χ0v) is 9.98. The molecule has 1 N–H and O–H groups in total. The number of nitrogens with zero attached hydrogens (tertiary/aromatic N) is 1. The van der Waals surface area contributed by atoms with E-state index in [1.165, 1.54) is 7.05 Å². The first-order valence-corrected chi connectivity index (χ1v) is 4.81. The summed E-state index contributed by atoms with van der Waals surface area (Å²) in [5.74, 6) is 1.07. The Kier molecular flexibility index (Phi) is 4.83. The van der Waals surface area contributed by atoms with Gasteiger partial charge in [-0.1, -0.05) is 0 Å². The van der Waals surface area contributed by atoms with Crippen LogP contribution in [0.15, 0.2) is 0 Å². The minimum Gasteiger partial charge on any atom is -0.480 e. The van der Waals surface area contributed by atoms with E-state index >= 15 is 0 Å². The van der Waals surface area contributed by atoms with Gasteiger partial charge < -0.3 is 9.84 Å². The number of hydrogen-bond acceptors (Lipinski definition) is 3. The van der Waals surface area contributed by atoms with E-state index in [-0.39, 0.29) is 6.42 Å². The van der Waals surface area contributed by atoms with Gasteiger partial charge in [-0.2, -0.15) is 0 Å². The number of ether oxygens (including phenoxy) is 1. The fourth-order valence-electron chi connectivity index (χ4n) is 0.963. The number of rotatable bonds is 3. The van der Waals surface area contributed by atoms with Gasteiger partial charge in [-0.15, -0.1) is 12.3 Å². The van der Waals surface area contributed by atoms with Crippen LogP contribution in [0.25, 0.3) is 0 Å². The molecule has 1 atom stereocenters. The van der Waals surface area contributed by atoms with Gasteiger partial charge in [-0.25, -0.2) is 9.59 Å². The van der Waals surface area contributed by atoms with Crippen molar-refractivity contribution in [2.75, 3.05) is 7.05 Å². The molecule has 5 heteroatoms. The molecule has 0 bridgehead atoms. The summed E-state index contributed by atoms with van der Waals surface area (Å²) in [5.41, 5.74) is -0.662. The maximum absolute atomic E-state index is 11.6. The van der Waals surface area contributed by atoms with Crippen LogP contribution in [0.1, 0.15) is 27.2 Å². The third kappa shape index (κ3) is 4.69. The van der Waals surface area contributed by atoms with Crippen LogP contribution in [-0.2, 0) is 9.53 Å². The van der Waals surface area contributed by atoms with Crippen LogP contribution in [0.2, 0.25) is 0 Å². The monoisotopic (exact) mass is 227 g/mol. The molecule has 5 nitrogen and oxygen atoms in total. The molecule has 0 aromatic rings. The molecular formula is C11H17NO4. The summed E-state index contributed by atoms with van der Waals surface area (Å²) in [6.45, 7) is 5.11. The number of carboxylic acid groups (broad SMARTS) is 1. The third-order valence-electron chi connectivity index (χ3n) is 1.75. The Balaban J connectivity index is 4.63. The van der Waals surface area contributed by atoms with Gasteiger partial charge in [0.25, 0.3) is 0 Å². The van der Waals surface area contributed by atoms with E-state index in [1.807, 2.05) is 0 Å². The zero-order valence-electron chi connectivity index (χ0n) is 9.98. The lowest BCUT2D eigenvalue weighted by atomic mass is 10.2. The standard InChI is InChI=1S/C11H17NO4/c1-6-7-8(9(13)14)12(5)10(15)16-11(2,3)4/h1,8H,7H2,2-5H3,(H,13,14)/t8-/m1/s1. The molecule has 0 radical (unpaired) electrons. The second-order valence-corrected chi connectivity index (χ2v) is 4.35. The molecule has 0 heterocycles. The summed E-state index contributed by atoms with van der Waals surface area (Å²) in [4.78, 5) is 23.4. The SMILES string of the molecule is C#CC[C@H](C(=O)O)N(C)C(=O)OC(C)(C)C. The molecule has 0 spiro atoms. The van der Waals surface area contributed by atoms with Crippen LogP contribution in [0.3, 0.4) is 0 Å². The average Bonchev–Trinajstić information content (AvgIpc) is 2.09. The van der Waals surface area contributed by atoms with Crippen molar-refractivity contribution in [1.82, 2.24) is 4.90 Å². The molecule has 0 aromatic heterocycles. The molecule has 0 fully saturated rings. The van der Waals surface area contributed by atoms with Crippen LogP contribution in [-0.4, -0.2) is 40.8 Å². The molecule has 0 saturated heterocycles. The van der Waals surface area contributed by atoms with Crippen LogP contribution in [0.5, 0.6) is 0 Å². The van der Waals surface area contributed by atoms with Crippen molar-refractivity contribution in [2.24, 2.45) is 0 Å². The van der Waals surface area contributed by atoms with E-state index in [0.717, 1.165) is 4.90 Å². The van der Waals surface area contributed by atoms with Gasteiger partial charge in [0.2, 0.25) is 0 Å². The number of carbonyl (C=O) groups excluding carboxylic acids is 1. The minimum atomic E-state index is -1.15. The number of hydrogen-bond donors (Lipinski definition) is 1. The maximum atomic E-state index is 11.6. The van der Waals surface area contributed by atoms with Crippen LogP contribution < -0.4 is 0 Å². The first-order chi connectivity index (χ1) is 7.19. The van der Waals surface area contributed by atoms with E-state index < -0.39 is 23.7 Å². The van der Waals surface area contributed by atoms with Crippen molar-refractivity contribution in [3.05, 3.63) is 0 Å². The summed E-state index contributed by atoms with van der Waals surface area (Å²) in [5, 5.41) is 8.88. The second-order valence-electron chi connectivity index (χ2n) is 4.35. The Morgan fingerprint density at radius 2 is 2.00 bits per heavy atom. The highest BCUT2D eigenvalue weighted by atomic mass is 16.6. The Morgan fingerprint density at radius 3 is 2.31 bits per heavy atom. The third-order valence-corrected chi connectivity index (χ3v) is 1.75. The van der Waals surface area contributed by atoms with Crippen molar-refractivity contribution < 1.29 is 19.4 Å². The highest BCUT2D eigenvalue weighted by Gasteiger charge is 2.29. The Bertz CT molecular complexity index is 311. The van der Waals surface area contributed by atoms with Gasteiger partial charge in [0.1, 0.15) is 11.6 Å². The van der Waals surface area contributed by atoms with E-state index in [9.17, 15) is 9.59 Å². The normalized spacial score (nSPS) is 12.4. The number of terminal acetylenes is 1. The van der Waals surface area contributed by atoms with Crippen molar-refractivity contribution in [1.29, 1.82) is 0 Å². The molecule has 0 aliphatic carbocycles. The Morgan fingerprint density at radius 1 is 1.50 bits per heavy atom. The van der Waals surface area contributed by atoms with Crippen molar-refractivity contribution in [3.8, 4) is 12.3 Å². The fraction of sp³-hybridized carbons (Fsp3) is 0.636. The molecular weight excluding hydrogens is 210 g/mol. The summed E-state index contributed by atoms with van der Waals surface area (Å²) in [6.07, 6.45) is 4.29. The number of aliphatic carboxylic acids is 1. The highest BCUT2D eigenvalue weighted by molar-refractivity contribution is 5.80. The lowest BCUT2D eigenvalue weighted by molar-refractivity contribution is -0.142. The molecule has 0 aromatic carbocycles. The van der Waals surface area contributed by atoms with Crippen molar-refractivity contribution in [2.45, 2.75) is 38.8 Å². The first-order valence-electron chi connectivity index (χ1n) is 4.81. The summed E-state index contributed by atoms with van der Waals surface area (Å²) in [7, 11) is 1.35. The minimum absolute atomic E-state index is 0.0505. The predicted octanol–water partition coefficient (Wildman–Crippen LogP) is 1.33. The molecule has 0 unspecified atom stereocenters. The summed E-state index contributed by atoms with van der Waals surface area (Å²) < 4.78 is 5.03. The molecule has 16 heavy (non-hydrogen) atoms. The predicted molar refractivity (Wildman–Crippen MR) is 58.9 cm³/mol. The average molecular weight is 227 g/mol. The van der Waals surface area contributed by atoms with Gasteiger partial charge in [0, 0.05) is 13.5 Å². The van der Waals surface area contributed by atoms with E-state index in [4.69, 9.17) is 16.3 Å². The van der Waals surface area contributed by atoms with Gasteiger partial charge >= 0.3 is 12.1 Å². The van der Waals surface area contributed by atoms with Crippen molar-refractivity contribution >= 4 is 12.1 Å². The van der Waals surface area contributed by atoms with Crippen LogP contribution >= 0.6 is 0 Å². The van der Waals surface area contributed by atoms with Gasteiger partial charge in [-0.05, 0) is 20.8 Å². The maximum Gasteiger partial charge on any atom is 0.410 e. The topological polar surface area (TPSA) is 66.8 Å². The molecule has 0 rings (SSSR count).